The number of benzene rings is 1. The monoisotopic (exact) mass is 308 g/mol. The summed E-state index contributed by atoms with van der Waals surface area (Å²) in [5, 5.41) is 4.04. The number of hydrogen-bond donors (Lipinski definition) is 1. The number of nitrogens with zero attached hydrogens (tertiary/aromatic N) is 3. The molecule has 0 unspecified atom stereocenters. The van der Waals surface area contributed by atoms with Crippen molar-refractivity contribution in [2.75, 3.05) is 5.73 Å². The molecular formula is C12H13BrN4O. The lowest BCUT2D eigenvalue weighted by Gasteiger charge is -2.05. The van der Waals surface area contributed by atoms with Crippen molar-refractivity contribution in [3.8, 4) is 0 Å². The molecule has 0 amide bonds. The van der Waals surface area contributed by atoms with Crippen molar-refractivity contribution >= 4 is 27.4 Å². The van der Waals surface area contributed by atoms with Gasteiger partial charge >= 0.3 is 0 Å². The number of aromatic nitrogens is 3. The van der Waals surface area contributed by atoms with Gasteiger partial charge in [0.15, 0.2) is 5.78 Å². The van der Waals surface area contributed by atoms with E-state index in [4.69, 9.17) is 5.73 Å². The van der Waals surface area contributed by atoms with E-state index in [0.29, 0.717) is 28.1 Å². The van der Waals surface area contributed by atoms with Gasteiger partial charge < -0.3 is 5.73 Å². The molecule has 0 bridgehead atoms. The second kappa shape index (κ2) is 5.30. The molecule has 0 atom stereocenters. The lowest BCUT2D eigenvalue weighted by Crippen LogP contribution is -2.11. The molecular weight excluding hydrogens is 296 g/mol. The van der Waals surface area contributed by atoms with Crippen LogP contribution in [0.5, 0.6) is 0 Å². The molecule has 2 aromatic rings. The van der Waals surface area contributed by atoms with Crippen molar-refractivity contribution in [1.82, 2.24) is 14.8 Å². The maximum atomic E-state index is 12.2. The lowest BCUT2D eigenvalue weighted by molar-refractivity contribution is 0.0988. The van der Waals surface area contributed by atoms with Crippen LogP contribution in [-0.4, -0.2) is 20.5 Å². The molecule has 5 nitrogen and oxygen atoms in total. The average molecular weight is 309 g/mol. The van der Waals surface area contributed by atoms with Crippen LogP contribution < -0.4 is 5.73 Å². The molecule has 0 aliphatic carbocycles. The van der Waals surface area contributed by atoms with Crippen LogP contribution in [-0.2, 0) is 13.0 Å². The molecule has 18 heavy (non-hydrogen) atoms. The first kappa shape index (κ1) is 12.8. The number of aryl methyl sites for hydroxylation is 1. The Kier molecular flexibility index (Phi) is 3.76. The van der Waals surface area contributed by atoms with Crippen molar-refractivity contribution in [2.45, 2.75) is 19.9 Å². The fourth-order valence-electron chi connectivity index (χ4n) is 1.69. The van der Waals surface area contributed by atoms with Crippen LogP contribution in [0.15, 0.2) is 29.0 Å². The van der Waals surface area contributed by atoms with Gasteiger partial charge in [-0.05, 0) is 41.1 Å². The summed E-state index contributed by atoms with van der Waals surface area (Å²) in [6.45, 7) is 2.66. The highest BCUT2D eigenvalue weighted by atomic mass is 79.9. The van der Waals surface area contributed by atoms with Gasteiger partial charge in [0, 0.05) is 22.3 Å². The van der Waals surface area contributed by atoms with Crippen molar-refractivity contribution in [3.63, 3.8) is 0 Å². The molecule has 1 heterocycles. The highest BCUT2D eigenvalue weighted by molar-refractivity contribution is 9.10. The van der Waals surface area contributed by atoms with E-state index >= 15 is 0 Å². The van der Waals surface area contributed by atoms with Gasteiger partial charge in [-0.25, -0.2) is 9.67 Å². The Balaban J connectivity index is 2.22. The molecule has 0 aliphatic rings. The topological polar surface area (TPSA) is 73.8 Å². The highest BCUT2D eigenvalue weighted by Gasteiger charge is 2.14. The minimum Gasteiger partial charge on any atom is -0.399 e. The van der Waals surface area contributed by atoms with Crippen LogP contribution in [0.4, 0.5) is 5.69 Å². The average Bonchev–Trinajstić information content (AvgIpc) is 2.76. The molecule has 0 saturated heterocycles. The Morgan fingerprint density at radius 2 is 2.28 bits per heavy atom. The molecule has 0 saturated carbocycles. The second-order valence-electron chi connectivity index (χ2n) is 3.83. The number of carbonyl (C=O) groups excluding carboxylic acids is 1. The molecule has 94 valence electrons. The molecule has 0 spiro atoms. The van der Waals surface area contributed by atoms with Gasteiger partial charge in [-0.2, -0.15) is 5.10 Å². The Labute approximate surface area is 113 Å². The molecule has 6 heteroatoms. The number of hydrogen-bond acceptors (Lipinski definition) is 4. The summed E-state index contributed by atoms with van der Waals surface area (Å²) in [5.74, 6) is 0.663. The van der Waals surface area contributed by atoms with Gasteiger partial charge in [0.05, 0.1) is 6.42 Å². The number of rotatable bonds is 4. The third-order valence-electron chi connectivity index (χ3n) is 2.61. The third kappa shape index (κ3) is 2.59. The summed E-state index contributed by atoms with van der Waals surface area (Å²) in [6.07, 6.45) is 1.69. The zero-order valence-corrected chi connectivity index (χ0v) is 11.5. The number of nitrogens with two attached hydrogens (primary N) is 1. The smallest absolute Gasteiger partial charge is 0.171 e. The van der Waals surface area contributed by atoms with Crippen LogP contribution >= 0.6 is 15.9 Å². The van der Waals surface area contributed by atoms with Crippen molar-refractivity contribution in [3.05, 3.63) is 40.4 Å². The first-order valence-corrected chi connectivity index (χ1v) is 6.36. The zero-order chi connectivity index (χ0) is 13.1. The number of Topliss-reactive ketones (excluding diaryl/α,β-unsaturated/α-hetero) is 1. The molecule has 1 aromatic carbocycles. The van der Waals surface area contributed by atoms with Crippen molar-refractivity contribution in [1.29, 1.82) is 0 Å². The number of ketones is 1. The predicted molar refractivity (Wildman–Crippen MR) is 72.3 cm³/mol. The molecule has 0 aliphatic heterocycles. The van der Waals surface area contributed by atoms with Gasteiger partial charge in [-0.15, -0.1) is 0 Å². The summed E-state index contributed by atoms with van der Waals surface area (Å²) < 4.78 is 2.42. The minimum absolute atomic E-state index is 0.00965. The van der Waals surface area contributed by atoms with Crippen molar-refractivity contribution in [2.24, 2.45) is 0 Å². The number of anilines is 1. The summed E-state index contributed by atoms with van der Waals surface area (Å²) in [4.78, 5) is 16.3. The Morgan fingerprint density at radius 3 is 2.94 bits per heavy atom. The predicted octanol–water partition coefficient (Wildman–Crippen LogP) is 2.07. The zero-order valence-electron chi connectivity index (χ0n) is 9.93. The summed E-state index contributed by atoms with van der Waals surface area (Å²) in [5.41, 5.74) is 6.87. The van der Waals surface area contributed by atoms with Gasteiger partial charge in [0.1, 0.15) is 12.2 Å². The van der Waals surface area contributed by atoms with E-state index < -0.39 is 0 Å². The normalized spacial score (nSPS) is 10.6. The van der Waals surface area contributed by atoms with E-state index in [0.717, 1.165) is 0 Å². The maximum Gasteiger partial charge on any atom is 0.171 e. The van der Waals surface area contributed by atoms with Gasteiger partial charge in [-0.3, -0.25) is 4.79 Å². The standard InChI is InChI=1S/C12H13BrN4O/c1-2-17-12(15-7-16-17)6-11(18)9-4-3-8(14)5-10(9)13/h3-5,7H,2,6,14H2,1H3. The van der Waals surface area contributed by atoms with Gasteiger partial charge in [-0.1, -0.05) is 0 Å². The van der Waals surface area contributed by atoms with Crippen LogP contribution in [0.1, 0.15) is 23.1 Å². The van der Waals surface area contributed by atoms with Gasteiger partial charge in [0.25, 0.3) is 0 Å². The van der Waals surface area contributed by atoms with E-state index in [1.807, 2.05) is 6.92 Å². The molecule has 0 radical (unpaired) electrons. The van der Waals surface area contributed by atoms with Crippen LogP contribution in [0.3, 0.4) is 0 Å². The maximum absolute atomic E-state index is 12.2. The van der Waals surface area contributed by atoms with Crippen LogP contribution in [0.25, 0.3) is 0 Å². The van der Waals surface area contributed by atoms with E-state index in [-0.39, 0.29) is 12.2 Å². The highest BCUT2D eigenvalue weighted by Crippen LogP contribution is 2.21. The van der Waals surface area contributed by atoms with Crippen molar-refractivity contribution < 1.29 is 4.79 Å². The number of halogens is 1. The molecule has 0 fully saturated rings. The number of nitrogen functional groups attached to an aromatic ring is 1. The number of carbonyl (C=O) groups is 1. The van der Waals surface area contributed by atoms with E-state index in [1.165, 1.54) is 6.33 Å². The molecule has 2 N–H and O–H groups in total. The van der Waals surface area contributed by atoms with Gasteiger partial charge in [0.2, 0.25) is 0 Å². The summed E-state index contributed by atoms with van der Waals surface area (Å²) >= 11 is 3.34. The van der Waals surface area contributed by atoms with Crippen LogP contribution in [0, 0.1) is 0 Å². The van der Waals surface area contributed by atoms with Crippen LogP contribution in [0.2, 0.25) is 0 Å². The lowest BCUT2D eigenvalue weighted by atomic mass is 10.1. The quantitative estimate of drug-likeness (QED) is 0.693. The largest absolute Gasteiger partial charge is 0.399 e. The first-order chi connectivity index (χ1) is 8.61. The van der Waals surface area contributed by atoms with E-state index in [1.54, 1.807) is 22.9 Å². The summed E-state index contributed by atoms with van der Waals surface area (Å²) in [7, 11) is 0. The Bertz CT molecular complexity index is 579. The summed E-state index contributed by atoms with van der Waals surface area (Å²) in [6, 6.07) is 5.15. The SMILES string of the molecule is CCn1ncnc1CC(=O)c1ccc(N)cc1Br. The minimum atomic E-state index is -0.00965. The van der Waals surface area contributed by atoms with E-state index in [2.05, 4.69) is 26.0 Å². The first-order valence-electron chi connectivity index (χ1n) is 5.56. The van der Waals surface area contributed by atoms with E-state index in [9.17, 15) is 4.79 Å². The molecule has 1 aromatic heterocycles. The molecule has 2 rings (SSSR count). The second-order valence-corrected chi connectivity index (χ2v) is 4.69. The third-order valence-corrected chi connectivity index (χ3v) is 3.26. The fraction of sp³-hybridized carbons (Fsp3) is 0.250. The fourth-order valence-corrected chi connectivity index (χ4v) is 2.30. The Morgan fingerprint density at radius 1 is 1.50 bits per heavy atom. The Hall–Kier alpha value is -1.69.